The fourth-order valence-electron chi connectivity index (χ4n) is 0.471. The van der Waals surface area contributed by atoms with Crippen LogP contribution in [0.3, 0.4) is 0 Å². The molecule has 0 aliphatic rings. The molecule has 0 spiro atoms. The lowest BCUT2D eigenvalue weighted by Crippen LogP contribution is -1.90. The molecule has 9 heavy (non-hydrogen) atoms. The topological polar surface area (TPSA) is 17.1 Å². The molecule has 50 valence electrons. The van der Waals surface area contributed by atoms with Crippen molar-refractivity contribution in [3.05, 3.63) is 23.8 Å². The molecule has 0 bridgehead atoms. The zero-order chi connectivity index (χ0) is 7.44. The van der Waals surface area contributed by atoms with Crippen LogP contribution in [-0.4, -0.2) is 5.78 Å². The summed E-state index contributed by atoms with van der Waals surface area (Å²) in [4.78, 5) is 10.6. The van der Waals surface area contributed by atoms with E-state index in [2.05, 4.69) is 6.58 Å². The largest absolute Gasteiger partial charge is 0.295 e. The third-order valence-corrected chi connectivity index (χ3v) is 1.02. The lowest BCUT2D eigenvalue weighted by Gasteiger charge is -1.91. The van der Waals surface area contributed by atoms with Gasteiger partial charge in [-0.3, -0.25) is 4.79 Å². The Labute approximate surface area is 56.1 Å². The molecule has 0 unspecified atom stereocenters. The van der Waals surface area contributed by atoms with E-state index in [1.54, 1.807) is 19.9 Å². The first-order valence-electron chi connectivity index (χ1n) is 2.89. The number of ketones is 1. The number of rotatable bonds is 2. The molecule has 0 aromatic rings. The third-order valence-electron chi connectivity index (χ3n) is 1.02. The van der Waals surface area contributed by atoms with Crippen molar-refractivity contribution in [1.29, 1.82) is 0 Å². The van der Waals surface area contributed by atoms with Crippen LogP contribution >= 0.6 is 0 Å². The van der Waals surface area contributed by atoms with E-state index in [9.17, 15) is 4.79 Å². The fraction of sp³-hybridized carbons (Fsp3) is 0.375. The number of carbonyl (C=O) groups excluding carboxylic acids is 1. The standard InChI is InChI=1S/C8H12O/c1-6(2)5-7(3)8(4)9/h5H,1H2,2-4H3/b7-5+. The van der Waals surface area contributed by atoms with E-state index >= 15 is 0 Å². The molecule has 0 fully saturated rings. The first kappa shape index (κ1) is 8.15. The minimum atomic E-state index is 0.109. The first-order valence-corrected chi connectivity index (χ1v) is 2.89. The highest BCUT2D eigenvalue weighted by atomic mass is 16.1. The van der Waals surface area contributed by atoms with Crippen molar-refractivity contribution in [2.45, 2.75) is 20.8 Å². The summed E-state index contributed by atoms with van der Waals surface area (Å²) in [7, 11) is 0. The number of hydrogen-bond donors (Lipinski definition) is 0. The van der Waals surface area contributed by atoms with Crippen molar-refractivity contribution >= 4 is 5.78 Å². The van der Waals surface area contributed by atoms with Gasteiger partial charge in [0.15, 0.2) is 5.78 Å². The fourth-order valence-corrected chi connectivity index (χ4v) is 0.471. The number of carbonyl (C=O) groups is 1. The maximum absolute atomic E-state index is 10.6. The number of allylic oxidation sites excluding steroid dienone is 3. The number of hydrogen-bond acceptors (Lipinski definition) is 1. The SMILES string of the molecule is C=C(C)/C=C(\C)C(C)=O. The highest BCUT2D eigenvalue weighted by Crippen LogP contribution is 1.98. The summed E-state index contributed by atoms with van der Waals surface area (Å²) in [5, 5.41) is 0. The van der Waals surface area contributed by atoms with Gasteiger partial charge in [-0.2, -0.15) is 0 Å². The van der Waals surface area contributed by atoms with Crippen LogP contribution in [0.2, 0.25) is 0 Å². The maximum atomic E-state index is 10.6. The Morgan fingerprint density at radius 2 is 1.78 bits per heavy atom. The van der Waals surface area contributed by atoms with Crippen LogP contribution < -0.4 is 0 Å². The molecule has 0 rings (SSSR count). The van der Waals surface area contributed by atoms with E-state index in [1.165, 1.54) is 0 Å². The van der Waals surface area contributed by atoms with Crippen LogP contribution in [0.4, 0.5) is 0 Å². The van der Waals surface area contributed by atoms with E-state index in [0.29, 0.717) is 0 Å². The second-order valence-electron chi connectivity index (χ2n) is 2.23. The molecule has 0 saturated carbocycles. The molecular formula is C8H12O. The second kappa shape index (κ2) is 3.23. The molecule has 0 aliphatic heterocycles. The summed E-state index contributed by atoms with van der Waals surface area (Å²) in [5.41, 5.74) is 1.69. The van der Waals surface area contributed by atoms with Gasteiger partial charge in [-0.05, 0) is 26.3 Å². The van der Waals surface area contributed by atoms with Crippen molar-refractivity contribution in [1.82, 2.24) is 0 Å². The van der Waals surface area contributed by atoms with E-state index in [0.717, 1.165) is 11.1 Å². The van der Waals surface area contributed by atoms with Gasteiger partial charge in [-0.25, -0.2) is 0 Å². The summed E-state index contributed by atoms with van der Waals surface area (Å²) >= 11 is 0. The van der Waals surface area contributed by atoms with Gasteiger partial charge in [0.2, 0.25) is 0 Å². The van der Waals surface area contributed by atoms with E-state index in [-0.39, 0.29) is 5.78 Å². The van der Waals surface area contributed by atoms with Crippen LogP contribution in [0.15, 0.2) is 23.8 Å². The van der Waals surface area contributed by atoms with Gasteiger partial charge >= 0.3 is 0 Å². The van der Waals surface area contributed by atoms with Crippen molar-refractivity contribution in [3.63, 3.8) is 0 Å². The Balaban J connectivity index is 4.17. The zero-order valence-corrected chi connectivity index (χ0v) is 6.19. The molecule has 0 atom stereocenters. The molecule has 0 heterocycles. The third kappa shape index (κ3) is 3.71. The Kier molecular flexibility index (Phi) is 2.93. The Morgan fingerprint density at radius 3 is 1.89 bits per heavy atom. The minimum Gasteiger partial charge on any atom is -0.295 e. The zero-order valence-electron chi connectivity index (χ0n) is 6.19. The first-order chi connectivity index (χ1) is 4.04. The van der Waals surface area contributed by atoms with Crippen molar-refractivity contribution < 1.29 is 4.79 Å². The Morgan fingerprint density at radius 1 is 1.33 bits per heavy atom. The predicted octanol–water partition coefficient (Wildman–Crippen LogP) is 2.10. The second-order valence-corrected chi connectivity index (χ2v) is 2.23. The maximum Gasteiger partial charge on any atom is 0.155 e. The molecule has 0 saturated heterocycles. The molecule has 0 radical (unpaired) electrons. The highest BCUT2D eigenvalue weighted by Gasteiger charge is 1.92. The lowest BCUT2D eigenvalue weighted by atomic mass is 10.1. The van der Waals surface area contributed by atoms with Gasteiger partial charge in [0.05, 0.1) is 0 Å². The molecule has 0 N–H and O–H groups in total. The monoisotopic (exact) mass is 124 g/mol. The van der Waals surface area contributed by atoms with Gasteiger partial charge < -0.3 is 0 Å². The van der Waals surface area contributed by atoms with Crippen LogP contribution in [-0.2, 0) is 4.79 Å². The summed E-state index contributed by atoms with van der Waals surface area (Å²) < 4.78 is 0. The van der Waals surface area contributed by atoms with Gasteiger partial charge in [0.1, 0.15) is 0 Å². The Bertz CT molecular complexity index is 163. The molecular weight excluding hydrogens is 112 g/mol. The van der Waals surface area contributed by atoms with Crippen LogP contribution in [0.5, 0.6) is 0 Å². The van der Waals surface area contributed by atoms with Gasteiger partial charge in [0, 0.05) is 0 Å². The Hall–Kier alpha value is -0.850. The molecule has 0 aromatic heterocycles. The van der Waals surface area contributed by atoms with E-state index in [1.807, 2.05) is 6.92 Å². The van der Waals surface area contributed by atoms with Gasteiger partial charge in [-0.1, -0.05) is 18.2 Å². The summed E-state index contributed by atoms with van der Waals surface area (Å²) in [6.07, 6.45) is 1.78. The summed E-state index contributed by atoms with van der Waals surface area (Å²) in [5.74, 6) is 0.109. The number of Topliss-reactive ketones (excluding diaryl/α,β-unsaturated/α-hetero) is 1. The lowest BCUT2D eigenvalue weighted by molar-refractivity contribution is -0.113. The summed E-state index contributed by atoms with van der Waals surface area (Å²) in [6, 6.07) is 0. The molecule has 0 amide bonds. The van der Waals surface area contributed by atoms with Crippen LogP contribution in [0.1, 0.15) is 20.8 Å². The average molecular weight is 124 g/mol. The van der Waals surface area contributed by atoms with Gasteiger partial charge in [-0.15, -0.1) is 0 Å². The van der Waals surface area contributed by atoms with Crippen LogP contribution in [0.25, 0.3) is 0 Å². The van der Waals surface area contributed by atoms with Gasteiger partial charge in [0.25, 0.3) is 0 Å². The highest BCUT2D eigenvalue weighted by molar-refractivity contribution is 5.93. The quantitative estimate of drug-likeness (QED) is 0.407. The molecule has 0 aromatic carbocycles. The average Bonchev–Trinajstić information content (AvgIpc) is 1.63. The molecule has 1 heteroatoms. The van der Waals surface area contributed by atoms with Crippen molar-refractivity contribution in [2.24, 2.45) is 0 Å². The van der Waals surface area contributed by atoms with Crippen LogP contribution in [0, 0.1) is 0 Å². The molecule has 0 aliphatic carbocycles. The van der Waals surface area contributed by atoms with E-state index < -0.39 is 0 Å². The minimum absolute atomic E-state index is 0.109. The van der Waals surface area contributed by atoms with E-state index in [4.69, 9.17) is 0 Å². The molecule has 1 nitrogen and oxygen atoms in total. The predicted molar refractivity (Wildman–Crippen MR) is 39.3 cm³/mol. The van der Waals surface area contributed by atoms with Crippen molar-refractivity contribution in [2.75, 3.05) is 0 Å². The summed E-state index contributed by atoms with van der Waals surface area (Å²) in [6.45, 7) is 8.86. The normalized spacial score (nSPS) is 11.2. The van der Waals surface area contributed by atoms with Crippen molar-refractivity contribution in [3.8, 4) is 0 Å². The smallest absolute Gasteiger partial charge is 0.155 e.